The zero-order chi connectivity index (χ0) is 13.1. The van der Waals surface area contributed by atoms with Crippen molar-refractivity contribution in [3.63, 3.8) is 0 Å². The summed E-state index contributed by atoms with van der Waals surface area (Å²) in [6.45, 7) is 2.39. The lowest BCUT2D eigenvalue weighted by molar-refractivity contribution is 0.0783. The second-order valence-electron chi connectivity index (χ2n) is 4.55. The van der Waals surface area contributed by atoms with E-state index in [1.807, 2.05) is 37.3 Å². The first-order chi connectivity index (χ1) is 8.58. The van der Waals surface area contributed by atoms with Gasteiger partial charge in [-0.2, -0.15) is 0 Å². The number of rotatable bonds is 3. The highest BCUT2D eigenvalue weighted by molar-refractivity contribution is 5.94. The number of nitrogens with two attached hydrogens (primary N) is 1. The van der Waals surface area contributed by atoms with Crippen molar-refractivity contribution in [3.05, 3.63) is 42.1 Å². The molecule has 1 heterocycles. The van der Waals surface area contributed by atoms with E-state index < -0.39 is 0 Å². The van der Waals surface area contributed by atoms with Crippen molar-refractivity contribution in [3.8, 4) is 0 Å². The van der Waals surface area contributed by atoms with E-state index in [1.54, 1.807) is 18.0 Å². The second-order valence-corrected chi connectivity index (χ2v) is 4.55. The molecule has 0 spiro atoms. The number of hydrogen-bond donors (Lipinski definition) is 1. The van der Waals surface area contributed by atoms with Gasteiger partial charge in [0.25, 0.3) is 5.91 Å². The summed E-state index contributed by atoms with van der Waals surface area (Å²) in [7, 11) is 1.74. The highest BCUT2D eigenvalue weighted by Crippen LogP contribution is 2.12. The van der Waals surface area contributed by atoms with Gasteiger partial charge in [-0.05, 0) is 19.1 Å². The molecule has 0 aliphatic heterocycles. The normalized spacial score (nSPS) is 12.4. The van der Waals surface area contributed by atoms with E-state index in [-0.39, 0.29) is 11.9 Å². The number of fused-ring (bicyclic) bond motifs is 1. The van der Waals surface area contributed by atoms with Crippen LogP contribution in [0.2, 0.25) is 0 Å². The van der Waals surface area contributed by atoms with Gasteiger partial charge in [0.15, 0.2) is 0 Å². The van der Waals surface area contributed by atoms with Crippen molar-refractivity contribution in [1.82, 2.24) is 9.88 Å². The number of benzene rings is 1. The molecular formula is C14H17N3O. The third kappa shape index (κ3) is 2.65. The lowest BCUT2D eigenvalue weighted by atomic mass is 10.2. The van der Waals surface area contributed by atoms with Crippen LogP contribution >= 0.6 is 0 Å². The first-order valence-electron chi connectivity index (χ1n) is 5.95. The van der Waals surface area contributed by atoms with E-state index in [0.717, 1.165) is 10.9 Å². The summed E-state index contributed by atoms with van der Waals surface area (Å²) in [4.78, 5) is 18.1. The highest BCUT2D eigenvalue weighted by Gasteiger charge is 2.14. The van der Waals surface area contributed by atoms with Gasteiger partial charge in [0, 0.05) is 25.0 Å². The molecule has 1 atom stereocenters. The fraction of sp³-hybridized carbons (Fsp3) is 0.286. The van der Waals surface area contributed by atoms with Gasteiger partial charge in [-0.3, -0.25) is 4.79 Å². The first-order valence-corrected chi connectivity index (χ1v) is 5.95. The molecule has 94 valence electrons. The molecule has 1 aromatic carbocycles. The van der Waals surface area contributed by atoms with Crippen molar-refractivity contribution in [1.29, 1.82) is 0 Å². The molecule has 0 aliphatic rings. The Balaban J connectivity index is 2.28. The van der Waals surface area contributed by atoms with Gasteiger partial charge in [0.2, 0.25) is 0 Å². The molecule has 0 bridgehead atoms. The molecule has 2 aromatic rings. The molecule has 4 heteroatoms. The predicted octanol–water partition coefficient (Wildman–Crippen LogP) is 1.65. The molecule has 1 amide bonds. The largest absolute Gasteiger partial charge is 0.339 e. The van der Waals surface area contributed by atoms with Gasteiger partial charge in [0.1, 0.15) is 5.69 Å². The van der Waals surface area contributed by atoms with Gasteiger partial charge in [-0.15, -0.1) is 0 Å². The minimum absolute atomic E-state index is 0.0422. The van der Waals surface area contributed by atoms with Crippen LogP contribution < -0.4 is 5.73 Å². The van der Waals surface area contributed by atoms with Crippen molar-refractivity contribution < 1.29 is 4.79 Å². The van der Waals surface area contributed by atoms with Crippen LogP contribution in [0.15, 0.2) is 36.4 Å². The average Bonchev–Trinajstić information content (AvgIpc) is 2.36. The van der Waals surface area contributed by atoms with Crippen LogP contribution in [0.1, 0.15) is 17.4 Å². The van der Waals surface area contributed by atoms with Crippen molar-refractivity contribution in [2.45, 2.75) is 13.0 Å². The smallest absolute Gasteiger partial charge is 0.272 e. The molecule has 1 aromatic heterocycles. The predicted molar refractivity (Wildman–Crippen MR) is 72.4 cm³/mol. The van der Waals surface area contributed by atoms with Gasteiger partial charge >= 0.3 is 0 Å². The van der Waals surface area contributed by atoms with Crippen LogP contribution in [0, 0.1) is 0 Å². The standard InChI is InChI=1S/C14H17N3O/c1-10(15)9-17(2)14(18)13-8-7-11-5-3-4-6-12(11)16-13/h3-8,10H,9,15H2,1-2H3. The molecule has 4 nitrogen and oxygen atoms in total. The monoisotopic (exact) mass is 243 g/mol. The van der Waals surface area contributed by atoms with E-state index in [9.17, 15) is 4.79 Å². The fourth-order valence-electron chi connectivity index (χ4n) is 1.90. The lowest BCUT2D eigenvalue weighted by Gasteiger charge is -2.18. The Bertz CT molecular complexity index is 566. The van der Waals surface area contributed by atoms with E-state index in [2.05, 4.69) is 4.98 Å². The Labute approximate surface area is 106 Å². The Kier molecular flexibility index (Phi) is 3.58. The van der Waals surface area contributed by atoms with E-state index >= 15 is 0 Å². The molecule has 2 rings (SSSR count). The third-order valence-electron chi connectivity index (χ3n) is 2.73. The highest BCUT2D eigenvalue weighted by atomic mass is 16.2. The van der Waals surface area contributed by atoms with Crippen LogP contribution in [-0.4, -0.2) is 35.4 Å². The van der Waals surface area contributed by atoms with Crippen molar-refractivity contribution >= 4 is 16.8 Å². The van der Waals surface area contributed by atoms with E-state index in [1.165, 1.54) is 0 Å². The van der Waals surface area contributed by atoms with Gasteiger partial charge in [-0.25, -0.2) is 4.98 Å². The molecule has 0 saturated heterocycles. The SMILES string of the molecule is CC(N)CN(C)C(=O)c1ccc2ccccc2n1. The van der Waals surface area contributed by atoms with Crippen LogP contribution in [-0.2, 0) is 0 Å². The summed E-state index contributed by atoms with van der Waals surface area (Å²) in [6, 6.07) is 11.4. The van der Waals surface area contributed by atoms with E-state index in [4.69, 9.17) is 5.73 Å². The number of amides is 1. The van der Waals surface area contributed by atoms with Gasteiger partial charge in [-0.1, -0.05) is 24.3 Å². The molecule has 0 radical (unpaired) electrons. The minimum atomic E-state index is -0.0990. The zero-order valence-corrected chi connectivity index (χ0v) is 10.6. The van der Waals surface area contributed by atoms with Crippen LogP contribution in [0.3, 0.4) is 0 Å². The Hall–Kier alpha value is -1.94. The van der Waals surface area contributed by atoms with Crippen LogP contribution in [0.25, 0.3) is 10.9 Å². The van der Waals surface area contributed by atoms with Gasteiger partial charge < -0.3 is 10.6 Å². The third-order valence-corrected chi connectivity index (χ3v) is 2.73. The Morgan fingerprint density at radius 1 is 1.33 bits per heavy atom. The number of para-hydroxylation sites is 1. The average molecular weight is 243 g/mol. The number of carbonyl (C=O) groups excluding carboxylic acids is 1. The molecule has 0 fully saturated rings. The van der Waals surface area contributed by atoms with Crippen molar-refractivity contribution in [2.75, 3.05) is 13.6 Å². The maximum Gasteiger partial charge on any atom is 0.272 e. The molecular weight excluding hydrogens is 226 g/mol. The first kappa shape index (κ1) is 12.5. The fourth-order valence-corrected chi connectivity index (χ4v) is 1.90. The summed E-state index contributed by atoms with van der Waals surface area (Å²) < 4.78 is 0. The Morgan fingerprint density at radius 3 is 2.78 bits per heavy atom. The maximum atomic E-state index is 12.1. The topological polar surface area (TPSA) is 59.2 Å². The van der Waals surface area contributed by atoms with Crippen LogP contribution in [0.4, 0.5) is 0 Å². The number of carbonyl (C=O) groups is 1. The molecule has 18 heavy (non-hydrogen) atoms. The van der Waals surface area contributed by atoms with Crippen molar-refractivity contribution in [2.24, 2.45) is 5.73 Å². The molecule has 1 unspecified atom stereocenters. The molecule has 0 aliphatic carbocycles. The summed E-state index contributed by atoms with van der Waals surface area (Å²) >= 11 is 0. The minimum Gasteiger partial charge on any atom is -0.339 e. The number of nitrogens with zero attached hydrogens (tertiary/aromatic N) is 2. The van der Waals surface area contributed by atoms with Gasteiger partial charge in [0.05, 0.1) is 5.52 Å². The lowest BCUT2D eigenvalue weighted by Crippen LogP contribution is -2.37. The molecule has 2 N–H and O–H groups in total. The zero-order valence-electron chi connectivity index (χ0n) is 10.6. The summed E-state index contributed by atoms with van der Waals surface area (Å²) in [5.41, 5.74) is 6.97. The molecule has 0 saturated carbocycles. The Morgan fingerprint density at radius 2 is 2.06 bits per heavy atom. The number of likely N-dealkylation sites (N-methyl/N-ethyl adjacent to an activating group) is 1. The maximum absolute atomic E-state index is 12.1. The summed E-state index contributed by atoms with van der Waals surface area (Å²) in [6.07, 6.45) is 0. The van der Waals surface area contributed by atoms with E-state index in [0.29, 0.717) is 12.2 Å². The summed E-state index contributed by atoms with van der Waals surface area (Å²) in [5, 5.41) is 1.03. The second kappa shape index (κ2) is 5.14. The van der Waals surface area contributed by atoms with Crippen LogP contribution in [0.5, 0.6) is 0 Å². The number of aromatic nitrogens is 1. The summed E-state index contributed by atoms with van der Waals surface area (Å²) in [5.74, 6) is -0.0990. The number of pyridine rings is 1. The number of hydrogen-bond acceptors (Lipinski definition) is 3. The quantitative estimate of drug-likeness (QED) is 0.891.